The number of rotatable bonds is 5. The molecule has 0 amide bonds. The Balaban J connectivity index is 1.92. The minimum atomic E-state index is -3.97. The second kappa shape index (κ2) is 7.67. The quantitative estimate of drug-likeness (QED) is 0.626. The topological polar surface area (TPSA) is 106 Å². The fraction of sp³-hybridized carbons (Fsp3) is 0.0588. The number of sulfonamides is 1. The van der Waals surface area contributed by atoms with Gasteiger partial charge in [0.2, 0.25) is 0 Å². The molecule has 2 aromatic carbocycles. The number of aromatic nitrogens is 2. The maximum atomic E-state index is 12.6. The van der Waals surface area contributed by atoms with Crippen molar-refractivity contribution in [2.24, 2.45) is 0 Å². The maximum absolute atomic E-state index is 12.6. The van der Waals surface area contributed by atoms with Gasteiger partial charge in [-0.25, -0.2) is 16.8 Å². The van der Waals surface area contributed by atoms with Crippen LogP contribution >= 0.6 is 23.2 Å². The number of halogens is 2. The zero-order valence-electron chi connectivity index (χ0n) is 14.3. The Labute approximate surface area is 172 Å². The highest BCUT2D eigenvalue weighted by atomic mass is 35.5. The number of nitrogens with zero attached hydrogens (tertiary/aromatic N) is 2. The molecule has 0 fully saturated rings. The summed E-state index contributed by atoms with van der Waals surface area (Å²) in [7, 11) is -7.43. The molecule has 0 aliphatic heterocycles. The molecule has 1 aromatic heterocycles. The fourth-order valence-electron chi connectivity index (χ4n) is 2.32. The lowest BCUT2D eigenvalue weighted by Crippen LogP contribution is -2.13. The van der Waals surface area contributed by atoms with Crippen molar-refractivity contribution in [3.63, 3.8) is 0 Å². The van der Waals surface area contributed by atoms with E-state index in [-0.39, 0.29) is 25.7 Å². The Kier molecular flexibility index (Phi) is 5.62. The van der Waals surface area contributed by atoms with Gasteiger partial charge in [-0.15, -0.1) is 10.2 Å². The van der Waals surface area contributed by atoms with Crippen molar-refractivity contribution in [2.45, 2.75) is 9.92 Å². The molecule has 7 nitrogen and oxygen atoms in total. The van der Waals surface area contributed by atoms with Gasteiger partial charge in [0, 0.05) is 17.5 Å². The summed E-state index contributed by atoms with van der Waals surface area (Å²) in [5, 5.41) is 7.48. The van der Waals surface area contributed by atoms with Gasteiger partial charge in [-0.3, -0.25) is 4.72 Å². The molecule has 3 aromatic rings. The molecule has 0 saturated heterocycles. The van der Waals surface area contributed by atoms with Crippen LogP contribution in [0.1, 0.15) is 0 Å². The third-order valence-electron chi connectivity index (χ3n) is 3.64. The van der Waals surface area contributed by atoms with Crippen LogP contribution in [-0.4, -0.2) is 33.3 Å². The largest absolute Gasteiger partial charge is 0.280 e. The molecule has 0 spiro atoms. The summed E-state index contributed by atoms with van der Waals surface area (Å²) in [6.45, 7) is 0. The summed E-state index contributed by atoms with van der Waals surface area (Å²) in [6.07, 6.45) is 1.03. The smallest absolute Gasteiger partial charge is 0.263 e. The first kappa shape index (κ1) is 20.5. The SMILES string of the molecule is CS(=O)(=O)c1ccc(-c2cccc(NS(=O)(=O)c3cccc(Cl)c3Cl)c2)nn1. The van der Waals surface area contributed by atoms with Gasteiger partial charge in [-0.1, -0.05) is 41.4 Å². The van der Waals surface area contributed by atoms with Gasteiger partial charge in [-0.05, 0) is 36.4 Å². The fourth-order valence-corrected chi connectivity index (χ4v) is 4.63. The lowest BCUT2D eigenvalue weighted by molar-refractivity contribution is 0.595. The summed E-state index contributed by atoms with van der Waals surface area (Å²) < 4.78 is 50.6. The lowest BCUT2D eigenvalue weighted by atomic mass is 10.1. The van der Waals surface area contributed by atoms with Crippen LogP contribution in [0.3, 0.4) is 0 Å². The molecule has 1 N–H and O–H groups in total. The normalized spacial score (nSPS) is 12.0. The molecule has 1 heterocycles. The molecule has 0 aliphatic rings. The lowest BCUT2D eigenvalue weighted by Gasteiger charge is -2.11. The molecule has 28 heavy (non-hydrogen) atoms. The van der Waals surface area contributed by atoms with E-state index in [1.165, 1.54) is 30.3 Å². The number of sulfone groups is 1. The predicted molar refractivity (Wildman–Crippen MR) is 108 cm³/mol. The number of hydrogen-bond acceptors (Lipinski definition) is 6. The van der Waals surface area contributed by atoms with E-state index in [1.54, 1.807) is 24.3 Å². The minimum Gasteiger partial charge on any atom is -0.280 e. The highest BCUT2D eigenvalue weighted by Crippen LogP contribution is 2.30. The maximum Gasteiger partial charge on any atom is 0.263 e. The summed E-state index contributed by atoms with van der Waals surface area (Å²) in [4.78, 5) is -0.149. The molecule has 0 saturated carbocycles. The molecule has 146 valence electrons. The van der Waals surface area contributed by atoms with E-state index in [0.717, 1.165) is 6.26 Å². The van der Waals surface area contributed by atoms with Crippen molar-refractivity contribution in [1.82, 2.24) is 10.2 Å². The Hall–Kier alpha value is -2.20. The van der Waals surface area contributed by atoms with Crippen LogP contribution in [0.4, 0.5) is 5.69 Å². The number of hydrogen-bond donors (Lipinski definition) is 1. The van der Waals surface area contributed by atoms with Crippen LogP contribution in [0.15, 0.2) is 64.5 Å². The van der Waals surface area contributed by atoms with Crippen molar-refractivity contribution in [2.75, 3.05) is 11.0 Å². The van der Waals surface area contributed by atoms with E-state index in [2.05, 4.69) is 14.9 Å². The van der Waals surface area contributed by atoms with E-state index in [1.807, 2.05) is 0 Å². The summed E-state index contributed by atoms with van der Waals surface area (Å²) in [6, 6.07) is 13.5. The van der Waals surface area contributed by atoms with Crippen molar-refractivity contribution in [1.29, 1.82) is 0 Å². The van der Waals surface area contributed by atoms with E-state index in [4.69, 9.17) is 23.2 Å². The second-order valence-electron chi connectivity index (χ2n) is 5.77. The first-order valence-electron chi connectivity index (χ1n) is 7.69. The Morgan fingerprint density at radius 1 is 0.893 bits per heavy atom. The molecule has 0 unspecified atom stereocenters. The zero-order chi connectivity index (χ0) is 20.5. The summed E-state index contributed by atoms with van der Waals surface area (Å²) in [5.41, 5.74) is 1.20. The van der Waals surface area contributed by atoms with E-state index >= 15 is 0 Å². The highest BCUT2D eigenvalue weighted by Gasteiger charge is 2.20. The molecule has 3 rings (SSSR count). The van der Waals surface area contributed by atoms with E-state index in [0.29, 0.717) is 11.3 Å². The summed E-state index contributed by atoms with van der Waals surface area (Å²) >= 11 is 11.9. The van der Waals surface area contributed by atoms with Crippen molar-refractivity contribution >= 4 is 48.7 Å². The molecule has 0 radical (unpaired) electrons. The van der Waals surface area contributed by atoms with Gasteiger partial charge in [0.1, 0.15) is 4.90 Å². The highest BCUT2D eigenvalue weighted by molar-refractivity contribution is 7.92. The van der Waals surface area contributed by atoms with Crippen molar-refractivity contribution < 1.29 is 16.8 Å². The van der Waals surface area contributed by atoms with Gasteiger partial charge in [0.05, 0.1) is 15.7 Å². The van der Waals surface area contributed by atoms with Gasteiger partial charge in [-0.2, -0.15) is 0 Å². The monoisotopic (exact) mass is 457 g/mol. The third kappa shape index (κ3) is 4.44. The summed E-state index contributed by atoms with van der Waals surface area (Å²) in [5.74, 6) is 0. The predicted octanol–water partition coefficient (Wildman–Crippen LogP) is 3.65. The minimum absolute atomic E-state index is 0.0740. The van der Waals surface area contributed by atoms with Gasteiger partial charge in [0.15, 0.2) is 14.9 Å². The van der Waals surface area contributed by atoms with Crippen LogP contribution in [-0.2, 0) is 19.9 Å². The first-order valence-corrected chi connectivity index (χ1v) is 11.8. The molecule has 0 bridgehead atoms. The average Bonchev–Trinajstić information content (AvgIpc) is 2.63. The molecular weight excluding hydrogens is 445 g/mol. The zero-order valence-corrected chi connectivity index (χ0v) is 17.4. The van der Waals surface area contributed by atoms with Gasteiger partial charge in [0.25, 0.3) is 10.0 Å². The van der Waals surface area contributed by atoms with E-state index in [9.17, 15) is 16.8 Å². The van der Waals surface area contributed by atoms with Crippen LogP contribution in [0.2, 0.25) is 10.0 Å². The van der Waals surface area contributed by atoms with Gasteiger partial charge < -0.3 is 0 Å². The van der Waals surface area contributed by atoms with E-state index < -0.39 is 19.9 Å². The van der Waals surface area contributed by atoms with Crippen molar-refractivity contribution in [3.8, 4) is 11.3 Å². The third-order valence-corrected chi connectivity index (χ3v) is 6.97. The molecule has 11 heteroatoms. The molecule has 0 aliphatic carbocycles. The standard InChI is InChI=1S/C17H13Cl2N3O4S2/c1-27(23,24)16-9-8-14(20-21-16)11-4-2-5-12(10-11)22-28(25,26)15-7-3-6-13(18)17(15)19/h2-10,22H,1H3. The Morgan fingerprint density at radius 3 is 2.25 bits per heavy atom. The van der Waals surface area contributed by atoms with Crippen molar-refractivity contribution in [3.05, 3.63) is 64.6 Å². The first-order chi connectivity index (χ1) is 13.1. The second-order valence-corrected chi connectivity index (χ2v) is 10.2. The molecular formula is C17H13Cl2N3O4S2. The number of benzene rings is 2. The Bertz CT molecular complexity index is 1250. The van der Waals surface area contributed by atoms with Crippen LogP contribution in [0.5, 0.6) is 0 Å². The number of nitrogens with one attached hydrogen (secondary N) is 1. The van der Waals surface area contributed by atoms with Gasteiger partial charge >= 0.3 is 0 Å². The Morgan fingerprint density at radius 2 is 1.61 bits per heavy atom. The number of anilines is 1. The molecule has 0 atom stereocenters. The average molecular weight is 458 g/mol. The van der Waals surface area contributed by atoms with Crippen LogP contribution in [0.25, 0.3) is 11.3 Å². The van der Waals surface area contributed by atoms with Crippen LogP contribution < -0.4 is 4.72 Å². The van der Waals surface area contributed by atoms with Crippen LogP contribution in [0, 0.1) is 0 Å².